The molecule has 100 valence electrons. The first-order chi connectivity index (χ1) is 9.79. The molecule has 1 aliphatic heterocycles. The fourth-order valence-corrected chi connectivity index (χ4v) is 3.38. The van der Waals surface area contributed by atoms with Gasteiger partial charge in [-0.1, -0.05) is 0 Å². The Bertz CT molecular complexity index is 640. The zero-order valence-corrected chi connectivity index (χ0v) is 11.8. The van der Waals surface area contributed by atoms with E-state index in [1.54, 1.807) is 35.6 Å². The van der Waals surface area contributed by atoms with Gasteiger partial charge >= 0.3 is 0 Å². The second kappa shape index (κ2) is 5.48. The van der Waals surface area contributed by atoms with E-state index in [1.165, 1.54) is 5.56 Å². The molecule has 1 fully saturated rings. The highest BCUT2D eigenvalue weighted by Crippen LogP contribution is 2.34. The first-order valence-corrected chi connectivity index (χ1v) is 7.57. The van der Waals surface area contributed by atoms with Gasteiger partial charge in [0.25, 0.3) is 5.91 Å². The molecule has 2 aromatic rings. The van der Waals surface area contributed by atoms with Gasteiger partial charge in [0.1, 0.15) is 0 Å². The molecule has 0 bridgehead atoms. The number of carbonyl (C=O) groups excluding carboxylic acids is 1. The van der Waals surface area contributed by atoms with E-state index in [9.17, 15) is 4.79 Å². The summed E-state index contributed by atoms with van der Waals surface area (Å²) in [6, 6.07) is 11.2. The monoisotopic (exact) mass is 282 g/mol. The fraction of sp³-hybridized carbons (Fsp3) is 0.250. The van der Waals surface area contributed by atoms with Gasteiger partial charge < -0.3 is 4.90 Å². The van der Waals surface area contributed by atoms with Crippen LogP contribution in [-0.2, 0) is 0 Å². The van der Waals surface area contributed by atoms with Gasteiger partial charge in [0.15, 0.2) is 0 Å². The van der Waals surface area contributed by atoms with Crippen LogP contribution in [0.3, 0.4) is 0 Å². The first-order valence-electron chi connectivity index (χ1n) is 6.63. The summed E-state index contributed by atoms with van der Waals surface area (Å²) in [5.74, 6) is 0.0585. The van der Waals surface area contributed by atoms with Gasteiger partial charge in [0, 0.05) is 12.1 Å². The molecule has 1 atom stereocenters. The number of likely N-dealkylation sites (tertiary alicyclic amines) is 1. The SMILES string of the molecule is N#Cc1ccc(C(=O)N2CCC[C@H]2c2ccsc2)cc1. The van der Waals surface area contributed by atoms with Crippen molar-refractivity contribution in [3.05, 3.63) is 57.8 Å². The lowest BCUT2D eigenvalue weighted by atomic mass is 10.1. The lowest BCUT2D eigenvalue weighted by molar-refractivity contribution is 0.0736. The van der Waals surface area contributed by atoms with Crippen LogP contribution in [0.4, 0.5) is 0 Å². The number of nitriles is 1. The molecule has 1 aromatic carbocycles. The maximum absolute atomic E-state index is 12.6. The molecule has 0 unspecified atom stereocenters. The van der Waals surface area contributed by atoms with Crippen LogP contribution in [0.2, 0.25) is 0 Å². The van der Waals surface area contributed by atoms with Crippen LogP contribution in [-0.4, -0.2) is 17.4 Å². The van der Waals surface area contributed by atoms with Crippen molar-refractivity contribution in [2.24, 2.45) is 0 Å². The normalized spacial score (nSPS) is 17.9. The third-order valence-corrected chi connectivity index (χ3v) is 4.40. The van der Waals surface area contributed by atoms with Crippen LogP contribution in [0.1, 0.15) is 40.4 Å². The molecular formula is C16H14N2OS. The minimum absolute atomic E-state index is 0.0585. The van der Waals surface area contributed by atoms with E-state index in [2.05, 4.69) is 22.9 Å². The summed E-state index contributed by atoms with van der Waals surface area (Å²) >= 11 is 1.67. The average Bonchev–Trinajstić information content (AvgIpc) is 3.16. The number of thiophene rings is 1. The second-order valence-electron chi connectivity index (χ2n) is 4.90. The third kappa shape index (κ3) is 2.33. The van der Waals surface area contributed by atoms with Crippen molar-refractivity contribution in [3.63, 3.8) is 0 Å². The van der Waals surface area contributed by atoms with Crippen LogP contribution >= 0.6 is 11.3 Å². The summed E-state index contributed by atoms with van der Waals surface area (Å²) in [4.78, 5) is 14.5. The molecule has 1 amide bonds. The van der Waals surface area contributed by atoms with Crippen molar-refractivity contribution in [2.75, 3.05) is 6.54 Å². The first kappa shape index (κ1) is 12.9. The fourth-order valence-electron chi connectivity index (χ4n) is 2.67. The van der Waals surface area contributed by atoms with Gasteiger partial charge in [0.05, 0.1) is 17.7 Å². The number of nitrogens with zero attached hydrogens (tertiary/aromatic N) is 2. The van der Waals surface area contributed by atoms with Gasteiger partial charge in [0.2, 0.25) is 0 Å². The molecule has 20 heavy (non-hydrogen) atoms. The second-order valence-corrected chi connectivity index (χ2v) is 5.68. The molecule has 2 heterocycles. The number of rotatable bonds is 2. The topological polar surface area (TPSA) is 44.1 Å². The zero-order valence-electron chi connectivity index (χ0n) is 11.0. The molecule has 0 radical (unpaired) electrons. The lowest BCUT2D eigenvalue weighted by Gasteiger charge is -2.24. The third-order valence-electron chi connectivity index (χ3n) is 3.70. The van der Waals surface area contributed by atoms with Crippen molar-refractivity contribution in [2.45, 2.75) is 18.9 Å². The minimum atomic E-state index is 0.0585. The number of benzene rings is 1. The highest BCUT2D eigenvalue weighted by molar-refractivity contribution is 7.07. The number of hydrogen-bond donors (Lipinski definition) is 0. The Morgan fingerprint density at radius 2 is 2.10 bits per heavy atom. The summed E-state index contributed by atoms with van der Waals surface area (Å²) in [5, 5.41) is 13.0. The number of carbonyl (C=O) groups is 1. The molecular weight excluding hydrogens is 268 g/mol. The molecule has 4 heteroatoms. The van der Waals surface area contributed by atoms with Crippen LogP contribution in [0.15, 0.2) is 41.1 Å². The van der Waals surface area contributed by atoms with Gasteiger partial charge in [-0.25, -0.2) is 0 Å². The van der Waals surface area contributed by atoms with E-state index in [-0.39, 0.29) is 11.9 Å². The molecule has 3 nitrogen and oxygen atoms in total. The Labute approximate surface area is 122 Å². The summed E-state index contributed by atoms with van der Waals surface area (Å²) < 4.78 is 0. The van der Waals surface area contributed by atoms with Gasteiger partial charge in [-0.2, -0.15) is 16.6 Å². The Balaban J connectivity index is 1.84. The van der Waals surface area contributed by atoms with Gasteiger partial charge in [-0.15, -0.1) is 0 Å². The van der Waals surface area contributed by atoms with Crippen molar-refractivity contribution >= 4 is 17.2 Å². The summed E-state index contributed by atoms with van der Waals surface area (Å²) in [5.41, 5.74) is 2.47. The van der Waals surface area contributed by atoms with Crippen LogP contribution in [0.25, 0.3) is 0 Å². The van der Waals surface area contributed by atoms with Crippen LogP contribution < -0.4 is 0 Å². The molecule has 1 aromatic heterocycles. The van der Waals surface area contributed by atoms with E-state index in [1.807, 2.05) is 4.90 Å². The average molecular weight is 282 g/mol. The van der Waals surface area contributed by atoms with E-state index in [4.69, 9.17) is 5.26 Å². The quantitative estimate of drug-likeness (QED) is 0.844. The van der Waals surface area contributed by atoms with E-state index in [0.717, 1.165) is 19.4 Å². The molecule has 3 rings (SSSR count). The van der Waals surface area contributed by atoms with E-state index >= 15 is 0 Å². The summed E-state index contributed by atoms with van der Waals surface area (Å²) in [6.07, 6.45) is 2.07. The lowest BCUT2D eigenvalue weighted by Crippen LogP contribution is -2.30. The standard InChI is InChI=1S/C16H14N2OS/c17-10-12-3-5-13(6-4-12)16(19)18-8-1-2-15(18)14-7-9-20-11-14/h3-7,9,11,15H,1-2,8H2/t15-/m0/s1. The van der Waals surface area contributed by atoms with Crippen molar-refractivity contribution in [3.8, 4) is 6.07 Å². The summed E-state index contributed by atoms with van der Waals surface area (Å²) in [7, 11) is 0. The molecule has 0 saturated carbocycles. The largest absolute Gasteiger partial charge is 0.332 e. The van der Waals surface area contributed by atoms with E-state index < -0.39 is 0 Å². The molecule has 0 N–H and O–H groups in total. The highest BCUT2D eigenvalue weighted by Gasteiger charge is 2.30. The predicted octanol–water partition coefficient (Wildman–Crippen LogP) is 3.60. The Morgan fingerprint density at radius 3 is 2.75 bits per heavy atom. The molecule has 1 aliphatic rings. The van der Waals surface area contributed by atoms with Crippen LogP contribution in [0.5, 0.6) is 0 Å². The van der Waals surface area contributed by atoms with Crippen molar-refractivity contribution in [1.29, 1.82) is 5.26 Å². The number of amides is 1. The van der Waals surface area contributed by atoms with Crippen LogP contribution in [0, 0.1) is 11.3 Å². The smallest absolute Gasteiger partial charge is 0.254 e. The Hall–Kier alpha value is -2.12. The van der Waals surface area contributed by atoms with Crippen molar-refractivity contribution < 1.29 is 4.79 Å². The van der Waals surface area contributed by atoms with Gasteiger partial charge in [-0.3, -0.25) is 4.79 Å². The minimum Gasteiger partial charge on any atom is -0.332 e. The summed E-state index contributed by atoms with van der Waals surface area (Å²) in [6.45, 7) is 0.805. The predicted molar refractivity (Wildman–Crippen MR) is 78.5 cm³/mol. The van der Waals surface area contributed by atoms with Gasteiger partial charge in [-0.05, 0) is 59.5 Å². The maximum Gasteiger partial charge on any atom is 0.254 e. The molecule has 1 saturated heterocycles. The van der Waals surface area contributed by atoms with Crippen molar-refractivity contribution in [1.82, 2.24) is 4.90 Å². The maximum atomic E-state index is 12.6. The Kier molecular flexibility index (Phi) is 3.53. The zero-order chi connectivity index (χ0) is 13.9. The Morgan fingerprint density at radius 1 is 1.30 bits per heavy atom. The molecule has 0 spiro atoms. The number of hydrogen-bond acceptors (Lipinski definition) is 3. The highest BCUT2D eigenvalue weighted by atomic mass is 32.1. The van der Waals surface area contributed by atoms with E-state index in [0.29, 0.717) is 11.1 Å². The molecule has 0 aliphatic carbocycles.